The van der Waals surface area contributed by atoms with Gasteiger partial charge >= 0.3 is 0 Å². The van der Waals surface area contributed by atoms with E-state index in [1.54, 1.807) is 0 Å². The van der Waals surface area contributed by atoms with E-state index in [-0.39, 0.29) is 24.0 Å². The number of halogens is 1. The average molecular weight is 566 g/mol. The Hall–Kier alpha value is -1.98. The van der Waals surface area contributed by atoms with Gasteiger partial charge in [0.2, 0.25) is 0 Å². The molecule has 0 saturated carbocycles. The highest BCUT2D eigenvalue weighted by Crippen LogP contribution is 2.27. The van der Waals surface area contributed by atoms with Crippen LogP contribution in [0.1, 0.15) is 40.7 Å². The number of aromatic nitrogens is 3. The van der Waals surface area contributed by atoms with Crippen LogP contribution in [0.2, 0.25) is 0 Å². The fourth-order valence-electron chi connectivity index (χ4n) is 4.05. The van der Waals surface area contributed by atoms with Crippen LogP contribution in [0, 0.1) is 13.8 Å². The molecule has 3 aromatic heterocycles. The molecule has 0 aliphatic carbocycles. The van der Waals surface area contributed by atoms with Crippen LogP contribution < -0.4 is 10.6 Å². The normalized spacial score (nSPS) is 15.4. The summed E-state index contributed by atoms with van der Waals surface area (Å²) in [7, 11) is 1.81. The monoisotopic (exact) mass is 565 g/mol. The van der Waals surface area contributed by atoms with Gasteiger partial charge < -0.3 is 10.6 Å². The molecule has 7 nitrogen and oxygen atoms in total. The topological polar surface area (TPSA) is 70.4 Å². The second-order valence-electron chi connectivity index (χ2n) is 7.94. The van der Waals surface area contributed by atoms with Crippen LogP contribution in [0.3, 0.4) is 0 Å². The quantitative estimate of drug-likeness (QED) is 0.257. The molecule has 3 aromatic rings. The van der Waals surface area contributed by atoms with Gasteiger partial charge in [0, 0.05) is 36.9 Å². The van der Waals surface area contributed by atoms with Crippen molar-refractivity contribution in [2.24, 2.45) is 4.99 Å². The van der Waals surface area contributed by atoms with E-state index in [4.69, 9.17) is 0 Å². The highest BCUT2D eigenvalue weighted by atomic mass is 127. The van der Waals surface area contributed by atoms with Gasteiger partial charge in [0.1, 0.15) is 0 Å². The predicted octanol–water partition coefficient (Wildman–Crippen LogP) is 4.07. The van der Waals surface area contributed by atoms with E-state index < -0.39 is 0 Å². The number of hydrogen-bond donors (Lipinski definition) is 2. The molecule has 9 heteroatoms. The summed E-state index contributed by atoms with van der Waals surface area (Å²) in [5.74, 6) is 1.64. The Morgan fingerprint density at radius 2 is 2.00 bits per heavy atom. The summed E-state index contributed by atoms with van der Waals surface area (Å²) >= 11 is 1.83. The molecule has 1 atom stereocenters. The molecule has 1 aliphatic heterocycles. The van der Waals surface area contributed by atoms with Crippen molar-refractivity contribution in [2.75, 3.05) is 26.7 Å². The van der Waals surface area contributed by atoms with Crippen LogP contribution >= 0.6 is 35.3 Å². The number of aliphatic imine (C=N–C) groups is 1. The van der Waals surface area contributed by atoms with Gasteiger partial charge in [0.05, 0.1) is 11.7 Å². The number of thiophene rings is 1. The van der Waals surface area contributed by atoms with E-state index in [1.807, 2.05) is 49.2 Å². The summed E-state index contributed by atoms with van der Waals surface area (Å²) in [5, 5.41) is 13.6. The lowest BCUT2D eigenvalue weighted by atomic mass is 10.2. The minimum absolute atomic E-state index is 0. The SMILES string of the molecule is CN=C(NCc1ccc(-n2nc(C)cc2C)nc1)NCC(c1cccs1)N1CCCC1.I. The lowest BCUT2D eigenvalue weighted by Gasteiger charge is -2.27. The van der Waals surface area contributed by atoms with Crippen LogP contribution in [0.5, 0.6) is 0 Å². The third-order valence-electron chi connectivity index (χ3n) is 5.64. The number of hydrogen-bond acceptors (Lipinski definition) is 5. The molecule has 0 aromatic carbocycles. The molecule has 0 radical (unpaired) electrons. The Morgan fingerprint density at radius 3 is 2.59 bits per heavy atom. The number of guanidine groups is 1. The van der Waals surface area contributed by atoms with E-state index in [2.05, 4.69) is 60.3 Å². The Kier molecular flexibility index (Phi) is 9.06. The predicted molar refractivity (Wildman–Crippen MR) is 142 cm³/mol. The molecule has 172 valence electrons. The minimum atomic E-state index is 0. The molecule has 0 bridgehead atoms. The summed E-state index contributed by atoms with van der Waals surface area (Å²) in [6, 6.07) is 10.9. The molecule has 1 saturated heterocycles. The number of nitrogens with one attached hydrogen (secondary N) is 2. The molecular weight excluding hydrogens is 533 g/mol. The summed E-state index contributed by atoms with van der Waals surface area (Å²) in [6.45, 7) is 7.88. The Bertz CT molecular complexity index is 992. The number of aryl methyl sites for hydroxylation is 2. The molecule has 2 N–H and O–H groups in total. The molecule has 4 heterocycles. The number of pyridine rings is 1. The third kappa shape index (κ3) is 6.08. The Labute approximate surface area is 211 Å². The van der Waals surface area contributed by atoms with E-state index >= 15 is 0 Å². The third-order valence-corrected chi connectivity index (χ3v) is 6.61. The molecule has 0 amide bonds. The second-order valence-corrected chi connectivity index (χ2v) is 8.92. The van der Waals surface area contributed by atoms with Crippen molar-refractivity contribution in [1.82, 2.24) is 30.3 Å². The number of nitrogens with zero attached hydrogens (tertiary/aromatic N) is 5. The molecule has 4 rings (SSSR count). The van der Waals surface area contributed by atoms with Gasteiger partial charge in [-0.25, -0.2) is 9.67 Å². The van der Waals surface area contributed by atoms with Crippen LogP contribution in [0.25, 0.3) is 5.82 Å². The van der Waals surface area contributed by atoms with Crippen LogP contribution in [-0.4, -0.2) is 52.3 Å². The number of rotatable bonds is 7. The molecule has 32 heavy (non-hydrogen) atoms. The fourth-order valence-corrected chi connectivity index (χ4v) is 4.91. The Balaban J connectivity index is 0.00000289. The molecule has 1 aliphatic rings. The lowest BCUT2D eigenvalue weighted by Crippen LogP contribution is -2.42. The second kappa shape index (κ2) is 11.8. The molecule has 1 fully saturated rings. The van der Waals surface area contributed by atoms with Crippen LogP contribution in [-0.2, 0) is 6.54 Å². The fraction of sp³-hybridized carbons (Fsp3) is 0.435. The molecule has 0 spiro atoms. The molecule has 1 unspecified atom stereocenters. The standard InChI is InChI=1S/C23H31N7S.HI/c1-17-13-18(2)30(28-17)22-9-8-19(14-25-22)15-26-23(24-3)27-16-20(21-7-6-12-31-21)29-10-4-5-11-29;/h6-9,12-14,20H,4-5,10-11,15-16H2,1-3H3,(H2,24,26,27);1H. The Morgan fingerprint density at radius 1 is 1.19 bits per heavy atom. The maximum absolute atomic E-state index is 4.58. The first kappa shape index (κ1) is 24.7. The lowest BCUT2D eigenvalue weighted by molar-refractivity contribution is 0.249. The van der Waals surface area contributed by atoms with Gasteiger partial charge in [-0.1, -0.05) is 12.1 Å². The largest absolute Gasteiger partial charge is 0.354 e. The van der Waals surface area contributed by atoms with Crippen molar-refractivity contribution in [2.45, 2.75) is 39.3 Å². The maximum atomic E-state index is 4.58. The van der Waals surface area contributed by atoms with Crippen molar-refractivity contribution in [3.05, 3.63) is 63.7 Å². The van der Waals surface area contributed by atoms with Crippen LogP contribution in [0.15, 0.2) is 46.9 Å². The van der Waals surface area contributed by atoms with Crippen molar-refractivity contribution >= 4 is 41.3 Å². The summed E-state index contributed by atoms with van der Waals surface area (Å²) in [4.78, 5) is 13.0. The van der Waals surface area contributed by atoms with Gasteiger partial charge in [-0.05, 0) is 68.9 Å². The molecular formula is C23H32IN7S. The van der Waals surface area contributed by atoms with E-state index in [1.165, 1.54) is 30.8 Å². The highest BCUT2D eigenvalue weighted by Gasteiger charge is 2.24. The first-order chi connectivity index (χ1) is 15.1. The van der Waals surface area contributed by atoms with Crippen LogP contribution in [0.4, 0.5) is 0 Å². The van der Waals surface area contributed by atoms with Crippen molar-refractivity contribution < 1.29 is 0 Å². The smallest absolute Gasteiger partial charge is 0.191 e. The zero-order valence-corrected chi connectivity index (χ0v) is 22.1. The van der Waals surface area contributed by atoms with Crippen molar-refractivity contribution in [3.63, 3.8) is 0 Å². The van der Waals surface area contributed by atoms with E-state index in [0.29, 0.717) is 12.6 Å². The summed E-state index contributed by atoms with van der Waals surface area (Å²) in [6.07, 6.45) is 4.47. The van der Waals surface area contributed by atoms with Gasteiger partial charge in [-0.15, -0.1) is 35.3 Å². The minimum Gasteiger partial charge on any atom is -0.354 e. The van der Waals surface area contributed by atoms with Crippen molar-refractivity contribution in [3.8, 4) is 5.82 Å². The van der Waals surface area contributed by atoms with Gasteiger partial charge in [-0.3, -0.25) is 9.89 Å². The summed E-state index contributed by atoms with van der Waals surface area (Å²) < 4.78 is 1.87. The summed E-state index contributed by atoms with van der Waals surface area (Å²) in [5.41, 5.74) is 3.18. The van der Waals surface area contributed by atoms with Gasteiger partial charge in [0.15, 0.2) is 11.8 Å². The van der Waals surface area contributed by atoms with Gasteiger partial charge in [0.25, 0.3) is 0 Å². The zero-order valence-electron chi connectivity index (χ0n) is 18.9. The number of likely N-dealkylation sites (tertiary alicyclic amines) is 1. The highest BCUT2D eigenvalue weighted by molar-refractivity contribution is 14.0. The van der Waals surface area contributed by atoms with Gasteiger partial charge in [-0.2, -0.15) is 5.10 Å². The zero-order chi connectivity index (χ0) is 21.6. The maximum Gasteiger partial charge on any atom is 0.191 e. The first-order valence-electron chi connectivity index (χ1n) is 10.8. The first-order valence-corrected chi connectivity index (χ1v) is 11.7. The van der Waals surface area contributed by atoms with E-state index in [0.717, 1.165) is 35.3 Å². The van der Waals surface area contributed by atoms with Crippen molar-refractivity contribution in [1.29, 1.82) is 0 Å². The average Bonchev–Trinajstić information content (AvgIpc) is 3.54. The van der Waals surface area contributed by atoms with E-state index in [9.17, 15) is 0 Å².